The van der Waals surface area contributed by atoms with E-state index in [1.54, 1.807) is 22.7 Å². The minimum absolute atomic E-state index is 1.09. The van der Waals surface area contributed by atoms with Crippen molar-refractivity contribution in [2.45, 2.75) is 13.8 Å². The Labute approximate surface area is 97.1 Å². The predicted molar refractivity (Wildman–Crippen MR) is 69.9 cm³/mol. The normalized spacial score (nSPS) is 16.5. The number of aryl methyl sites for hydroxylation is 2. The van der Waals surface area contributed by atoms with Gasteiger partial charge in [0, 0.05) is 20.4 Å². The molecule has 1 aliphatic heterocycles. The molecule has 0 unspecified atom stereocenters. The van der Waals surface area contributed by atoms with Gasteiger partial charge in [-0.05, 0) is 32.6 Å². The summed E-state index contributed by atoms with van der Waals surface area (Å²) in [5.41, 5.74) is 0. The molecule has 0 saturated heterocycles. The van der Waals surface area contributed by atoms with Gasteiger partial charge in [-0.3, -0.25) is 0 Å². The maximum Gasteiger partial charge on any atom is 0.143 e. The zero-order valence-corrected chi connectivity index (χ0v) is 11.4. The Morgan fingerprint density at radius 3 is 1.80 bits per heavy atom. The van der Waals surface area contributed by atoms with Gasteiger partial charge in [-0.25, -0.2) is 0 Å². The van der Waals surface area contributed by atoms with Crippen LogP contribution < -0.4 is 10.6 Å². The standard InChI is InChI=1S/C11H11OPS2/c1-6-4-8-10(14-6)11-9(13(8,3)12)5-7(2)15-11/h4-5H,1-3H3. The molecule has 15 heavy (non-hydrogen) atoms. The van der Waals surface area contributed by atoms with Gasteiger partial charge in [-0.1, -0.05) is 0 Å². The highest BCUT2D eigenvalue weighted by Gasteiger charge is 2.37. The van der Waals surface area contributed by atoms with Gasteiger partial charge in [0.15, 0.2) is 0 Å². The quantitative estimate of drug-likeness (QED) is 0.659. The second-order valence-corrected chi connectivity index (χ2v) is 9.39. The Kier molecular flexibility index (Phi) is 1.87. The third-order valence-electron chi connectivity index (χ3n) is 2.80. The van der Waals surface area contributed by atoms with Crippen molar-refractivity contribution in [2.75, 3.05) is 6.66 Å². The fourth-order valence-corrected chi connectivity index (χ4v) is 7.85. The molecular formula is C11H11OPS2. The van der Waals surface area contributed by atoms with Gasteiger partial charge >= 0.3 is 0 Å². The summed E-state index contributed by atoms with van der Waals surface area (Å²) in [6, 6.07) is 4.20. The van der Waals surface area contributed by atoms with Crippen LogP contribution in [0.1, 0.15) is 9.75 Å². The first-order valence-corrected chi connectivity index (χ1v) is 8.59. The molecule has 0 N–H and O–H groups in total. The lowest BCUT2D eigenvalue weighted by Crippen LogP contribution is -2.05. The summed E-state index contributed by atoms with van der Waals surface area (Å²) in [6.45, 7) is 6.07. The van der Waals surface area contributed by atoms with E-state index in [0.29, 0.717) is 0 Å². The van der Waals surface area contributed by atoms with Crippen molar-refractivity contribution in [3.8, 4) is 9.75 Å². The molecule has 1 nitrogen and oxygen atoms in total. The predicted octanol–water partition coefficient (Wildman–Crippen LogP) is 3.35. The molecule has 2 aromatic rings. The molecule has 4 heteroatoms. The average Bonchev–Trinajstić information content (AvgIpc) is 2.72. The minimum Gasteiger partial charge on any atom is -0.314 e. The van der Waals surface area contributed by atoms with E-state index < -0.39 is 7.14 Å². The van der Waals surface area contributed by atoms with Crippen LogP contribution in [0.2, 0.25) is 0 Å². The number of fused-ring (bicyclic) bond motifs is 3. The summed E-state index contributed by atoms with van der Waals surface area (Å²) in [5, 5.41) is 2.18. The van der Waals surface area contributed by atoms with E-state index in [-0.39, 0.29) is 0 Å². The third-order valence-corrected chi connectivity index (χ3v) is 7.91. The van der Waals surface area contributed by atoms with Gasteiger partial charge in [-0.15, -0.1) is 22.7 Å². The fraction of sp³-hybridized carbons (Fsp3) is 0.273. The molecule has 0 radical (unpaired) electrons. The lowest BCUT2D eigenvalue weighted by atomic mass is 10.3. The highest BCUT2D eigenvalue weighted by Crippen LogP contribution is 2.54. The molecule has 0 bridgehead atoms. The number of rotatable bonds is 0. The molecule has 78 valence electrons. The topological polar surface area (TPSA) is 17.1 Å². The van der Waals surface area contributed by atoms with Crippen LogP contribution in [0.25, 0.3) is 9.75 Å². The molecular weight excluding hydrogens is 243 g/mol. The van der Waals surface area contributed by atoms with Crippen LogP contribution in [-0.4, -0.2) is 6.66 Å². The van der Waals surface area contributed by atoms with Crippen LogP contribution >= 0.6 is 29.8 Å². The lowest BCUT2D eigenvalue weighted by molar-refractivity contribution is 0.591. The molecule has 0 saturated carbocycles. The smallest absolute Gasteiger partial charge is 0.143 e. The van der Waals surface area contributed by atoms with E-state index >= 15 is 0 Å². The van der Waals surface area contributed by atoms with Crippen LogP contribution in [0.3, 0.4) is 0 Å². The maximum atomic E-state index is 12.7. The van der Waals surface area contributed by atoms with Crippen molar-refractivity contribution in [1.29, 1.82) is 0 Å². The first-order chi connectivity index (χ1) is 7.00. The largest absolute Gasteiger partial charge is 0.314 e. The summed E-state index contributed by atoms with van der Waals surface area (Å²) >= 11 is 3.55. The van der Waals surface area contributed by atoms with Crippen LogP contribution in [-0.2, 0) is 4.57 Å². The molecule has 0 amide bonds. The second-order valence-electron chi connectivity index (χ2n) is 4.07. The summed E-state index contributed by atoms with van der Waals surface area (Å²) < 4.78 is 12.7. The zero-order chi connectivity index (χ0) is 10.8. The van der Waals surface area contributed by atoms with E-state index in [4.69, 9.17) is 0 Å². The van der Waals surface area contributed by atoms with Gasteiger partial charge in [0.05, 0.1) is 9.75 Å². The highest BCUT2D eigenvalue weighted by atomic mass is 32.1. The van der Waals surface area contributed by atoms with Gasteiger partial charge in [0.1, 0.15) is 7.14 Å². The Morgan fingerprint density at radius 1 is 1.00 bits per heavy atom. The van der Waals surface area contributed by atoms with Gasteiger partial charge in [0.25, 0.3) is 0 Å². The van der Waals surface area contributed by atoms with Crippen molar-refractivity contribution in [3.63, 3.8) is 0 Å². The summed E-state index contributed by atoms with van der Waals surface area (Å²) in [7, 11) is -2.26. The number of hydrogen-bond donors (Lipinski definition) is 0. The van der Waals surface area contributed by atoms with Crippen molar-refractivity contribution in [3.05, 3.63) is 21.9 Å². The third kappa shape index (κ3) is 1.17. The molecule has 0 fully saturated rings. The number of hydrogen-bond acceptors (Lipinski definition) is 3. The van der Waals surface area contributed by atoms with Crippen molar-refractivity contribution in [1.82, 2.24) is 0 Å². The zero-order valence-electron chi connectivity index (χ0n) is 8.83. The SMILES string of the molecule is Cc1cc2c(s1)-c1sc(C)cc1P2(C)=O. The van der Waals surface area contributed by atoms with E-state index in [1.807, 2.05) is 6.66 Å². The molecule has 2 aromatic heterocycles. The Balaban J connectivity index is 2.44. The Hall–Kier alpha value is -0.370. The van der Waals surface area contributed by atoms with Gasteiger partial charge in [-0.2, -0.15) is 0 Å². The first kappa shape index (κ1) is 9.83. The van der Waals surface area contributed by atoms with Crippen molar-refractivity contribution >= 4 is 40.4 Å². The minimum atomic E-state index is -2.26. The van der Waals surface area contributed by atoms with E-state index in [1.165, 1.54) is 19.5 Å². The van der Waals surface area contributed by atoms with Crippen LogP contribution in [0.4, 0.5) is 0 Å². The van der Waals surface area contributed by atoms with E-state index in [9.17, 15) is 4.57 Å². The summed E-state index contributed by atoms with van der Waals surface area (Å²) in [4.78, 5) is 5.04. The van der Waals surface area contributed by atoms with E-state index in [2.05, 4.69) is 26.0 Å². The van der Waals surface area contributed by atoms with Gasteiger partial charge < -0.3 is 4.57 Å². The molecule has 0 spiro atoms. The van der Waals surface area contributed by atoms with E-state index in [0.717, 1.165) is 10.6 Å². The Morgan fingerprint density at radius 2 is 1.40 bits per heavy atom. The molecule has 1 aliphatic rings. The van der Waals surface area contributed by atoms with Crippen LogP contribution in [0.5, 0.6) is 0 Å². The van der Waals surface area contributed by atoms with Crippen molar-refractivity contribution in [2.24, 2.45) is 0 Å². The lowest BCUT2D eigenvalue weighted by Gasteiger charge is -2.04. The molecule has 0 atom stereocenters. The van der Waals surface area contributed by atoms with Crippen LogP contribution in [0.15, 0.2) is 12.1 Å². The molecule has 3 rings (SSSR count). The Bertz CT molecular complexity index is 556. The number of thiophene rings is 2. The monoisotopic (exact) mass is 254 g/mol. The summed E-state index contributed by atoms with van der Waals surface area (Å²) in [5.74, 6) is 0. The van der Waals surface area contributed by atoms with Gasteiger partial charge in [0.2, 0.25) is 0 Å². The fourth-order valence-electron chi connectivity index (χ4n) is 2.09. The molecule has 0 aliphatic carbocycles. The second kappa shape index (κ2) is 2.85. The van der Waals surface area contributed by atoms with Crippen LogP contribution in [0, 0.1) is 13.8 Å². The average molecular weight is 254 g/mol. The summed E-state index contributed by atoms with van der Waals surface area (Å²) in [6.07, 6.45) is 0. The van der Waals surface area contributed by atoms with Crippen molar-refractivity contribution < 1.29 is 4.57 Å². The maximum absolute atomic E-state index is 12.7. The highest BCUT2D eigenvalue weighted by molar-refractivity contribution is 7.80. The molecule has 0 aromatic carbocycles. The first-order valence-electron chi connectivity index (χ1n) is 4.80. The molecule has 3 heterocycles.